The number of rotatable bonds is 4. The van der Waals surface area contributed by atoms with E-state index in [2.05, 4.69) is 56.5 Å². The molecule has 1 saturated heterocycles. The quantitative estimate of drug-likeness (QED) is 0.794. The summed E-state index contributed by atoms with van der Waals surface area (Å²) in [6.45, 7) is 3.34. The molecule has 1 N–H and O–H groups in total. The van der Waals surface area contributed by atoms with Crippen LogP contribution >= 0.6 is 0 Å². The van der Waals surface area contributed by atoms with E-state index in [0.717, 1.165) is 30.9 Å². The van der Waals surface area contributed by atoms with E-state index in [1.165, 1.54) is 24.1 Å². The maximum Gasteiger partial charge on any atom is 0.0924 e. The fraction of sp³-hybridized carbons (Fsp3) is 0.300. The van der Waals surface area contributed by atoms with Gasteiger partial charge in [-0.1, -0.05) is 30.3 Å². The summed E-state index contributed by atoms with van der Waals surface area (Å²) in [6.07, 6.45) is 5.99. The Morgan fingerprint density at radius 3 is 2.50 bits per heavy atom. The van der Waals surface area contributed by atoms with Crippen molar-refractivity contribution in [2.45, 2.75) is 25.3 Å². The third-order valence-corrected chi connectivity index (χ3v) is 4.85. The molecule has 1 aliphatic rings. The van der Waals surface area contributed by atoms with E-state index in [-0.39, 0.29) is 0 Å². The molecule has 4 heteroatoms. The molecule has 3 heterocycles. The van der Waals surface area contributed by atoms with Crippen LogP contribution in [0.1, 0.15) is 30.0 Å². The van der Waals surface area contributed by atoms with Crippen LogP contribution in [0.4, 0.5) is 0 Å². The first-order valence-electron chi connectivity index (χ1n) is 8.60. The number of hydrogen-bond acceptors (Lipinski definition) is 3. The standard InChI is InChI=1S/C20H22N4/c1-2-4-16(5-3-1)15-24-12-8-18(9-13-24)20-14-19(22-23-20)17-6-10-21-11-7-17/h1-7,10-11,14,18H,8-9,12-13,15H2,(H,22,23). The van der Waals surface area contributed by atoms with Crippen LogP contribution in [0.15, 0.2) is 60.9 Å². The van der Waals surface area contributed by atoms with Crippen LogP contribution in [0.3, 0.4) is 0 Å². The van der Waals surface area contributed by atoms with Crippen molar-refractivity contribution >= 4 is 0 Å². The summed E-state index contributed by atoms with van der Waals surface area (Å²) in [7, 11) is 0. The molecule has 4 nitrogen and oxygen atoms in total. The van der Waals surface area contributed by atoms with E-state index in [1.807, 2.05) is 24.5 Å². The van der Waals surface area contributed by atoms with E-state index in [4.69, 9.17) is 0 Å². The van der Waals surface area contributed by atoms with Crippen molar-refractivity contribution in [1.82, 2.24) is 20.1 Å². The molecule has 1 aromatic carbocycles. The molecule has 1 fully saturated rings. The molecule has 1 aliphatic heterocycles. The van der Waals surface area contributed by atoms with Gasteiger partial charge in [0.15, 0.2) is 0 Å². The van der Waals surface area contributed by atoms with Crippen LogP contribution in [0.2, 0.25) is 0 Å². The number of hydrogen-bond donors (Lipinski definition) is 1. The van der Waals surface area contributed by atoms with Gasteiger partial charge in [-0.3, -0.25) is 15.0 Å². The zero-order chi connectivity index (χ0) is 16.2. The Morgan fingerprint density at radius 1 is 1.00 bits per heavy atom. The van der Waals surface area contributed by atoms with Crippen molar-refractivity contribution in [3.63, 3.8) is 0 Å². The van der Waals surface area contributed by atoms with Gasteiger partial charge in [-0.2, -0.15) is 5.10 Å². The van der Waals surface area contributed by atoms with Gasteiger partial charge in [-0.05, 0) is 49.7 Å². The summed E-state index contributed by atoms with van der Waals surface area (Å²) in [6, 6.07) is 16.9. The first-order chi connectivity index (χ1) is 11.9. The molecule has 24 heavy (non-hydrogen) atoms. The fourth-order valence-electron chi connectivity index (χ4n) is 3.46. The number of likely N-dealkylation sites (tertiary alicyclic amines) is 1. The smallest absolute Gasteiger partial charge is 0.0924 e. The fourth-order valence-corrected chi connectivity index (χ4v) is 3.46. The summed E-state index contributed by atoms with van der Waals surface area (Å²) in [5, 5.41) is 7.73. The van der Waals surface area contributed by atoms with E-state index in [1.54, 1.807) is 0 Å². The van der Waals surface area contributed by atoms with Crippen LogP contribution in [0.5, 0.6) is 0 Å². The first-order valence-corrected chi connectivity index (χ1v) is 8.60. The summed E-state index contributed by atoms with van der Waals surface area (Å²) in [5.74, 6) is 0.583. The van der Waals surface area contributed by atoms with Gasteiger partial charge in [-0.15, -0.1) is 0 Å². The number of H-pyrrole nitrogens is 1. The summed E-state index contributed by atoms with van der Waals surface area (Å²) in [4.78, 5) is 6.61. The number of pyridine rings is 1. The molecule has 0 saturated carbocycles. The minimum atomic E-state index is 0.583. The predicted molar refractivity (Wildman–Crippen MR) is 95.5 cm³/mol. The molecule has 0 aliphatic carbocycles. The second kappa shape index (κ2) is 6.97. The normalized spacial score (nSPS) is 16.3. The molecule has 0 radical (unpaired) electrons. The van der Waals surface area contributed by atoms with Crippen LogP contribution < -0.4 is 0 Å². The molecule has 0 spiro atoms. The second-order valence-electron chi connectivity index (χ2n) is 6.48. The molecule has 4 rings (SSSR count). The van der Waals surface area contributed by atoms with Gasteiger partial charge in [0, 0.05) is 36.1 Å². The molecule has 122 valence electrons. The van der Waals surface area contributed by atoms with Crippen molar-refractivity contribution in [2.75, 3.05) is 13.1 Å². The largest absolute Gasteiger partial charge is 0.299 e. The minimum Gasteiger partial charge on any atom is -0.299 e. The molecule has 0 amide bonds. The van der Waals surface area contributed by atoms with Gasteiger partial charge in [0.05, 0.1) is 5.69 Å². The summed E-state index contributed by atoms with van der Waals surface area (Å²) >= 11 is 0. The highest BCUT2D eigenvalue weighted by Crippen LogP contribution is 2.29. The lowest BCUT2D eigenvalue weighted by atomic mass is 9.93. The third-order valence-electron chi connectivity index (χ3n) is 4.85. The number of nitrogens with one attached hydrogen (secondary N) is 1. The van der Waals surface area contributed by atoms with Crippen LogP contribution in [-0.4, -0.2) is 33.2 Å². The van der Waals surface area contributed by atoms with Gasteiger partial charge in [0.25, 0.3) is 0 Å². The van der Waals surface area contributed by atoms with E-state index >= 15 is 0 Å². The maximum absolute atomic E-state index is 4.48. The van der Waals surface area contributed by atoms with Crippen molar-refractivity contribution in [3.05, 3.63) is 72.2 Å². The Balaban J connectivity index is 1.37. The van der Waals surface area contributed by atoms with Gasteiger partial charge >= 0.3 is 0 Å². The minimum absolute atomic E-state index is 0.583. The highest BCUT2D eigenvalue weighted by molar-refractivity contribution is 5.58. The van der Waals surface area contributed by atoms with Gasteiger partial charge in [0.1, 0.15) is 0 Å². The number of nitrogens with zero attached hydrogens (tertiary/aromatic N) is 3. The Labute approximate surface area is 142 Å². The number of aromatic amines is 1. The maximum atomic E-state index is 4.48. The highest BCUT2D eigenvalue weighted by Gasteiger charge is 2.22. The van der Waals surface area contributed by atoms with Crippen molar-refractivity contribution in [2.24, 2.45) is 0 Å². The number of aromatic nitrogens is 3. The average Bonchev–Trinajstić information content (AvgIpc) is 3.14. The van der Waals surface area contributed by atoms with E-state index in [0.29, 0.717) is 5.92 Å². The summed E-state index contributed by atoms with van der Waals surface area (Å²) < 4.78 is 0. The lowest BCUT2D eigenvalue weighted by Crippen LogP contribution is -2.32. The molecular formula is C20H22N4. The van der Waals surface area contributed by atoms with Crippen LogP contribution in [-0.2, 0) is 6.54 Å². The SMILES string of the molecule is c1ccc(CN2CCC(c3cc(-c4ccncc4)n[nH]3)CC2)cc1. The van der Waals surface area contributed by atoms with Crippen LogP contribution in [0, 0.1) is 0 Å². The van der Waals surface area contributed by atoms with E-state index < -0.39 is 0 Å². The molecule has 0 atom stereocenters. The topological polar surface area (TPSA) is 44.8 Å². The number of benzene rings is 1. The Morgan fingerprint density at radius 2 is 1.75 bits per heavy atom. The van der Waals surface area contributed by atoms with Gasteiger partial charge in [0.2, 0.25) is 0 Å². The monoisotopic (exact) mass is 318 g/mol. The Hall–Kier alpha value is -2.46. The lowest BCUT2D eigenvalue weighted by Gasteiger charge is -2.31. The molecule has 0 bridgehead atoms. The van der Waals surface area contributed by atoms with Gasteiger partial charge < -0.3 is 0 Å². The van der Waals surface area contributed by atoms with Crippen molar-refractivity contribution in [1.29, 1.82) is 0 Å². The molecular weight excluding hydrogens is 296 g/mol. The van der Waals surface area contributed by atoms with Crippen LogP contribution in [0.25, 0.3) is 11.3 Å². The lowest BCUT2D eigenvalue weighted by molar-refractivity contribution is 0.203. The zero-order valence-corrected chi connectivity index (χ0v) is 13.7. The molecule has 3 aromatic rings. The van der Waals surface area contributed by atoms with Crippen molar-refractivity contribution < 1.29 is 0 Å². The first kappa shape index (κ1) is 15.1. The van der Waals surface area contributed by atoms with E-state index in [9.17, 15) is 0 Å². The predicted octanol–water partition coefficient (Wildman–Crippen LogP) is 3.85. The second-order valence-corrected chi connectivity index (χ2v) is 6.48. The average molecular weight is 318 g/mol. The Bertz CT molecular complexity index is 759. The highest BCUT2D eigenvalue weighted by atomic mass is 15.1. The number of piperidine rings is 1. The molecule has 0 unspecified atom stereocenters. The third kappa shape index (κ3) is 3.39. The van der Waals surface area contributed by atoms with Crippen molar-refractivity contribution in [3.8, 4) is 11.3 Å². The molecule has 2 aromatic heterocycles. The summed E-state index contributed by atoms with van der Waals surface area (Å²) in [5.41, 5.74) is 4.80. The Kier molecular flexibility index (Phi) is 4.38. The van der Waals surface area contributed by atoms with Gasteiger partial charge in [-0.25, -0.2) is 0 Å². The zero-order valence-electron chi connectivity index (χ0n) is 13.7.